The van der Waals surface area contributed by atoms with Gasteiger partial charge in [-0.05, 0) is 31.9 Å². The van der Waals surface area contributed by atoms with Gasteiger partial charge in [-0.3, -0.25) is 0 Å². The first kappa shape index (κ1) is 16.5. The van der Waals surface area contributed by atoms with E-state index in [0.29, 0.717) is 18.2 Å². The third-order valence-electron chi connectivity index (χ3n) is 3.66. The third-order valence-corrected chi connectivity index (χ3v) is 3.66. The van der Waals surface area contributed by atoms with E-state index in [9.17, 15) is 13.2 Å². The average molecular weight is 338 g/mol. The number of nitrogens with one attached hydrogen (secondary N) is 2. The van der Waals surface area contributed by atoms with Crippen molar-refractivity contribution in [3.8, 4) is 0 Å². The molecule has 1 aromatic carbocycles. The van der Waals surface area contributed by atoms with Crippen LogP contribution in [0.3, 0.4) is 0 Å². The summed E-state index contributed by atoms with van der Waals surface area (Å²) < 4.78 is 45.5. The van der Waals surface area contributed by atoms with Crippen molar-refractivity contribution in [3.05, 3.63) is 41.3 Å². The molecule has 8 heteroatoms. The highest BCUT2D eigenvalue weighted by molar-refractivity contribution is 5.58. The van der Waals surface area contributed by atoms with Gasteiger partial charge in [-0.2, -0.15) is 4.98 Å². The van der Waals surface area contributed by atoms with Crippen LogP contribution in [0, 0.1) is 24.4 Å². The third kappa shape index (κ3) is 3.76. The van der Waals surface area contributed by atoms with Crippen molar-refractivity contribution in [1.29, 1.82) is 0 Å². The first-order chi connectivity index (χ1) is 11.5. The van der Waals surface area contributed by atoms with Gasteiger partial charge in [-0.15, -0.1) is 0 Å². The van der Waals surface area contributed by atoms with Gasteiger partial charge in [0.15, 0.2) is 17.5 Å². The van der Waals surface area contributed by atoms with Crippen molar-refractivity contribution in [3.63, 3.8) is 0 Å². The maximum atomic E-state index is 13.7. The predicted octanol–water partition coefficient (Wildman–Crippen LogP) is 3.54. The van der Waals surface area contributed by atoms with Crippen LogP contribution in [-0.4, -0.2) is 29.2 Å². The van der Waals surface area contributed by atoms with Crippen molar-refractivity contribution in [2.24, 2.45) is 0 Å². The number of benzene rings is 1. The van der Waals surface area contributed by atoms with Gasteiger partial charge in [0.1, 0.15) is 5.82 Å². The van der Waals surface area contributed by atoms with Crippen LogP contribution in [0.2, 0.25) is 0 Å². The van der Waals surface area contributed by atoms with Gasteiger partial charge >= 0.3 is 0 Å². The topological polar surface area (TPSA) is 59.1 Å². The van der Waals surface area contributed by atoms with E-state index in [1.54, 1.807) is 13.0 Å². The predicted molar refractivity (Wildman–Crippen MR) is 83.8 cm³/mol. The molecule has 1 saturated heterocycles. The molecule has 1 aliphatic heterocycles. The normalized spacial score (nSPS) is 17.1. The molecule has 0 spiro atoms. The molecule has 0 bridgehead atoms. The highest BCUT2D eigenvalue weighted by Crippen LogP contribution is 2.23. The standard InChI is InChI=1S/C16H17F3N4O/c1-9-7-13(22-12-5-4-11(17)14(18)15(12)19)23-16(21-9)20-8-10-3-2-6-24-10/h4-5,7,10H,2-3,6,8H2,1H3,(H2,20,21,22,23). The van der Waals surface area contributed by atoms with Crippen molar-refractivity contribution >= 4 is 17.5 Å². The smallest absolute Gasteiger partial charge is 0.224 e. The zero-order valence-corrected chi connectivity index (χ0v) is 13.1. The summed E-state index contributed by atoms with van der Waals surface area (Å²) in [6, 6.07) is 3.55. The van der Waals surface area contributed by atoms with Crippen LogP contribution >= 0.6 is 0 Å². The minimum Gasteiger partial charge on any atom is -0.376 e. The zero-order chi connectivity index (χ0) is 17.1. The van der Waals surface area contributed by atoms with Crippen LogP contribution in [-0.2, 0) is 4.74 Å². The Morgan fingerprint density at radius 1 is 1.21 bits per heavy atom. The molecule has 24 heavy (non-hydrogen) atoms. The molecule has 1 unspecified atom stereocenters. The van der Waals surface area contributed by atoms with Crippen LogP contribution in [0.4, 0.5) is 30.6 Å². The Bertz CT molecular complexity index is 736. The van der Waals surface area contributed by atoms with E-state index in [2.05, 4.69) is 20.6 Å². The number of halogens is 3. The molecule has 2 heterocycles. The van der Waals surface area contributed by atoms with Gasteiger partial charge in [0.25, 0.3) is 0 Å². The molecule has 128 valence electrons. The van der Waals surface area contributed by atoms with Gasteiger partial charge in [0, 0.05) is 24.9 Å². The van der Waals surface area contributed by atoms with Gasteiger partial charge < -0.3 is 15.4 Å². The van der Waals surface area contributed by atoms with Gasteiger partial charge in [-0.1, -0.05) is 0 Å². The molecular weight excluding hydrogens is 321 g/mol. The van der Waals surface area contributed by atoms with E-state index in [1.165, 1.54) is 0 Å². The molecular formula is C16H17F3N4O. The minimum absolute atomic E-state index is 0.120. The molecule has 1 fully saturated rings. The summed E-state index contributed by atoms with van der Waals surface area (Å²) in [5, 5.41) is 5.72. The van der Waals surface area contributed by atoms with E-state index < -0.39 is 17.5 Å². The van der Waals surface area contributed by atoms with Crippen molar-refractivity contribution in [2.75, 3.05) is 23.8 Å². The summed E-state index contributed by atoms with van der Waals surface area (Å²) in [7, 11) is 0. The molecule has 2 N–H and O–H groups in total. The number of nitrogens with zero attached hydrogens (tertiary/aromatic N) is 2. The number of rotatable bonds is 5. The van der Waals surface area contributed by atoms with Crippen molar-refractivity contribution in [1.82, 2.24) is 9.97 Å². The van der Waals surface area contributed by atoms with Gasteiger partial charge in [0.2, 0.25) is 5.95 Å². The molecule has 0 aliphatic carbocycles. The van der Waals surface area contributed by atoms with Crippen LogP contribution < -0.4 is 10.6 Å². The Balaban J connectivity index is 1.74. The Hall–Kier alpha value is -2.35. The molecule has 5 nitrogen and oxygen atoms in total. The Labute approximate surface area is 137 Å². The zero-order valence-electron chi connectivity index (χ0n) is 13.1. The van der Waals surface area contributed by atoms with E-state index in [0.717, 1.165) is 31.6 Å². The molecule has 1 aliphatic rings. The molecule has 1 aromatic heterocycles. The van der Waals surface area contributed by atoms with E-state index in [-0.39, 0.29) is 17.6 Å². The van der Waals surface area contributed by atoms with Gasteiger partial charge in [-0.25, -0.2) is 18.2 Å². The van der Waals surface area contributed by atoms with Crippen LogP contribution in [0.25, 0.3) is 0 Å². The molecule has 0 saturated carbocycles. The fourth-order valence-corrected chi connectivity index (χ4v) is 2.48. The Morgan fingerprint density at radius 2 is 2.04 bits per heavy atom. The number of anilines is 3. The van der Waals surface area contributed by atoms with Crippen LogP contribution in [0.1, 0.15) is 18.5 Å². The molecule has 2 aromatic rings. The van der Waals surface area contributed by atoms with E-state index in [1.807, 2.05) is 0 Å². The lowest BCUT2D eigenvalue weighted by molar-refractivity contribution is 0.120. The summed E-state index contributed by atoms with van der Waals surface area (Å²) >= 11 is 0. The van der Waals surface area contributed by atoms with Crippen LogP contribution in [0.5, 0.6) is 0 Å². The second kappa shape index (κ2) is 7.04. The molecule has 0 amide bonds. The summed E-state index contributed by atoms with van der Waals surface area (Å²) in [5.41, 5.74) is 0.447. The summed E-state index contributed by atoms with van der Waals surface area (Å²) in [4.78, 5) is 8.46. The van der Waals surface area contributed by atoms with E-state index >= 15 is 0 Å². The highest BCUT2D eigenvalue weighted by Gasteiger charge is 2.16. The maximum absolute atomic E-state index is 13.7. The minimum atomic E-state index is -1.53. The Kier molecular flexibility index (Phi) is 4.84. The lowest BCUT2D eigenvalue weighted by atomic mass is 10.2. The van der Waals surface area contributed by atoms with Crippen LogP contribution in [0.15, 0.2) is 18.2 Å². The maximum Gasteiger partial charge on any atom is 0.224 e. The SMILES string of the molecule is Cc1cc(Nc2ccc(F)c(F)c2F)nc(NCC2CCCO2)n1. The quantitative estimate of drug-likeness (QED) is 0.817. The number of hydrogen-bond acceptors (Lipinski definition) is 5. The van der Waals surface area contributed by atoms with E-state index in [4.69, 9.17) is 4.74 Å². The first-order valence-corrected chi connectivity index (χ1v) is 7.64. The monoisotopic (exact) mass is 338 g/mol. The van der Waals surface area contributed by atoms with Crippen molar-refractivity contribution < 1.29 is 17.9 Å². The summed E-state index contributed by atoms with van der Waals surface area (Å²) in [6.07, 6.45) is 2.13. The average Bonchev–Trinajstić information content (AvgIpc) is 3.07. The lowest BCUT2D eigenvalue weighted by Crippen LogP contribution is -2.20. The molecule has 1 atom stereocenters. The Morgan fingerprint density at radius 3 is 2.79 bits per heavy atom. The summed E-state index contributed by atoms with van der Waals surface area (Å²) in [5.74, 6) is -3.42. The van der Waals surface area contributed by atoms with Crippen molar-refractivity contribution in [2.45, 2.75) is 25.9 Å². The van der Waals surface area contributed by atoms with Gasteiger partial charge in [0.05, 0.1) is 11.8 Å². The second-order valence-corrected chi connectivity index (χ2v) is 5.58. The largest absolute Gasteiger partial charge is 0.376 e. The number of ether oxygens (including phenoxy) is 1. The molecule has 3 rings (SSSR count). The highest BCUT2D eigenvalue weighted by atomic mass is 19.2. The fraction of sp³-hybridized carbons (Fsp3) is 0.375. The first-order valence-electron chi connectivity index (χ1n) is 7.64. The molecule has 0 radical (unpaired) electrons. The second-order valence-electron chi connectivity index (χ2n) is 5.58. The lowest BCUT2D eigenvalue weighted by Gasteiger charge is -2.13. The summed E-state index contributed by atoms with van der Waals surface area (Å²) in [6.45, 7) is 3.08. The number of aryl methyl sites for hydroxylation is 1. The number of aromatic nitrogens is 2. The fourth-order valence-electron chi connectivity index (χ4n) is 2.48. The number of hydrogen-bond donors (Lipinski definition) is 2.